The van der Waals surface area contributed by atoms with Crippen LogP contribution in [0.3, 0.4) is 0 Å². The van der Waals surface area contributed by atoms with Gasteiger partial charge in [-0.1, -0.05) is 13.8 Å². The molecule has 15 heavy (non-hydrogen) atoms. The second-order valence-electron chi connectivity index (χ2n) is 4.08. The molecule has 0 aliphatic heterocycles. The van der Waals surface area contributed by atoms with Crippen molar-refractivity contribution in [3.8, 4) is 0 Å². The van der Waals surface area contributed by atoms with E-state index in [1.54, 1.807) is 7.11 Å². The molecule has 0 aliphatic carbocycles. The summed E-state index contributed by atoms with van der Waals surface area (Å²) in [5.74, 6) is 1.55. The quantitative estimate of drug-likeness (QED) is 0.827. The largest absolute Gasteiger partial charge is 0.383 e. The fraction of sp³-hybridized carbons (Fsp3) is 0.636. The molecule has 0 saturated carbocycles. The number of aromatic nitrogens is 2. The van der Waals surface area contributed by atoms with Gasteiger partial charge in [-0.2, -0.15) is 0 Å². The van der Waals surface area contributed by atoms with Gasteiger partial charge in [0, 0.05) is 18.4 Å². The molecular formula is C11H19N3O. The van der Waals surface area contributed by atoms with Crippen LogP contribution in [0.4, 0.5) is 5.82 Å². The number of nitrogen functional groups attached to an aromatic ring is 1. The molecule has 0 amide bonds. The lowest BCUT2D eigenvalue weighted by Gasteiger charge is -2.18. The maximum Gasteiger partial charge on any atom is 0.159 e. The van der Waals surface area contributed by atoms with Crippen LogP contribution in [0.5, 0.6) is 0 Å². The van der Waals surface area contributed by atoms with E-state index in [-0.39, 0.29) is 6.10 Å². The summed E-state index contributed by atoms with van der Waals surface area (Å²) in [6.45, 7) is 8.00. The predicted octanol–water partition coefficient (Wildman–Crippen LogP) is 2.02. The number of ether oxygens (including phenoxy) is 1. The Morgan fingerprint density at radius 2 is 1.80 bits per heavy atom. The third-order valence-corrected chi connectivity index (χ3v) is 2.56. The number of nitrogens with two attached hydrogens (primary N) is 1. The average Bonchev–Trinajstić information content (AvgIpc) is 2.14. The van der Waals surface area contributed by atoms with Gasteiger partial charge in [-0.3, -0.25) is 0 Å². The van der Waals surface area contributed by atoms with Gasteiger partial charge in [-0.25, -0.2) is 9.97 Å². The first-order chi connectivity index (χ1) is 6.97. The zero-order valence-corrected chi connectivity index (χ0v) is 10.0. The van der Waals surface area contributed by atoms with Crippen LogP contribution in [-0.2, 0) is 4.74 Å². The van der Waals surface area contributed by atoms with Crippen molar-refractivity contribution < 1.29 is 4.74 Å². The molecule has 2 N–H and O–H groups in total. The molecule has 1 heterocycles. The minimum absolute atomic E-state index is 0.0911. The maximum atomic E-state index is 5.81. The number of hydrogen-bond donors (Lipinski definition) is 1. The fourth-order valence-corrected chi connectivity index (χ4v) is 1.48. The van der Waals surface area contributed by atoms with Crippen LogP contribution in [0.2, 0.25) is 0 Å². The molecule has 0 bridgehead atoms. The summed E-state index contributed by atoms with van der Waals surface area (Å²) in [7, 11) is 1.67. The summed E-state index contributed by atoms with van der Waals surface area (Å²) in [6, 6.07) is 0. The van der Waals surface area contributed by atoms with Crippen LogP contribution < -0.4 is 5.73 Å². The standard InChI is InChI=1S/C11H19N3O/c1-6(2)9(15-5)11-13-8(4)7(3)10(12)14-11/h6,9H,1-5H3,(H2,12,13,14). The minimum Gasteiger partial charge on any atom is -0.383 e. The molecule has 84 valence electrons. The highest BCUT2D eigenvalue weighted by molar-refractivity contribution is 5.40. The van der Waals surface area contributed by atoms with Crippen molar-refractivity contribution in [1.29, 1.82) is 0 Å². The van der Waals surface area contributed by atoms with E-state index >= 15 is 0 Å². The Kier molecular flexibility index (Phi) is 3.63. The topological polar surface area (TPSA) is 61.0 Å². The predicted molar refractivity (Wildman–Crippen MR) is 60.5 cm³/mol. The summed E-state index contributed by atoms with van der Waals surface area (Å²) in [4.78, 5) is 8.68. The van der Waals surface area contributed by atoms with E-state index in [0.29, 0.717) is 17.6 Å². The molecule has 0 radical (unpaired) electrons. The lowest BCUT2D eigenvalue weighted by atomic mass is 10.1. The number of nitrogens with zero attached hydrogens (tertiary/aromatic N) is 2. The molecular weight excluding hydrogens is 190 g/mol. The van der Waals surface area contributed by atoms with Crippen LogP contribution >= 0.6 is 0 Å². The van der Waals surface area contributed by atoms with E-state index in [1.165, 1.54) is 0 Å². The summed E-state index contributed by atoms with van der Waals surface area (Å²) in [5.41, 5.74) is 7.67. The molecule has 1 atom stereocenters. The number of rotatable bonds is 3. The van der Waals surface area contributed by atoms with Gasteiger partial charge in [-0.15, -0.1) is 0 Å². The third kappa shape index (κ3) is 2.45. The molecule has 0 fully saturated rings. The van der Waals surface area contributed by atoms with Gasteiger partial charge in [0.25, 0.3) is 0 Å². The van der Waals surface area contributed by atoms with Crippen LogP contribution in [-0.4, -0.2) is 17.1 Å². The van der Waals surface area contributed by atoms with Crippen LogP contribution in [0.1, 0.15) is 37.0 Å². The van der Waals surface area contributed by atoms with Crippen molar-refractivity contribution in [3.63, 3.8) is 0 Å². The number of methoxy groups -OCH3 is 1. The Balaban J connectivity index is 3.14. The monoisotopic (exact) mass is 209 g/mol. The van der Waals surface area contributed by atoms with Crippen molar-refractivity contribution >= 4 is 5.82 Å². The zero-order chi connectivity index (χ0) is 11.6. The SMILES string of the molecule is COC(c1nc(C)c(C)c(N)n1)C(C)C. The van der Waals surface area contributed by atoms with Gasteiger partial charge in [0.15, 0.2) is 5.82 Å². The molecule has 1 aromatic heterocycles. The van der Waals surface area contributed by atoms with Crippen LogP contribution in [0.15, 0.2) is 0 Å². The van der Waals surface area contributed by atoms with Crippen molar-refractivity contribution in [2.24, 2.45) is 5.92 Å². The van der Waals surface area contributed by atoms with Crippen molar-refractivity contribution in [2.75, 3.05) is 12.8 Å². The maximum absolute atomic E-state index is 5.81. The highest BCUT2D eigenvalue weighted by atomic mass is 16.5. The van der Waals surface area contributed by atoms with E-state index in [1.807, 2.05) is 13.8 Å². The van der Waals surface area contributed by atoms with Gasteiger partial charge in [0.2, 0.25) is 0 Å². The molecule has 0 spiro atoms. The summed E-state index contributed by atoms with van der Waals surface area (Å²) >= 11 is 0. The van der Waals surface area contributed by atoms with Crippen molar-refractivity contribution in [1.82, 2.24) is 9.97 Å². The smallest absolute Gasteiger partial charge is 0.159 e. The highest BCUT2D eigenvalue weighted by Crippen LogP contribution is 2.24. The summed E-state index contributed by atoms with van der Waals surface area (Å²) in [6.07, 6.45) is -0.0911. The van der Waals surface area contributed by atoms with Gasteiger partial charge in [0.05, 0.1) is 0 Å². The van der Waals surface area contributed by atoms with Gasteiger partial charge in [0.1, 0.15) is 11.9 Å². The second kappa shape index (κ2) is 4.57. The summed E-state index contributed by atoms with van der Waals surface area (Å²) < 4.78 is 5.37. The molecule has 1 unspecified atom stereocenters. The van der Waals surface area contributed by atoms with Crippen LogP contribution in [0.25, 0.3) is 0 Å². The third-order valence-electron chi connectivity index (χ3n) is 2.56. The van der Waals surface area contributed by atoms with Crippen molar-refractivity contribution in [3.05, 3.63) is 17.1 Å². The summed E-state index contributed by atoms with van der Waals surface area (Å²) in [5, 5.41) is 0. The first kappa shape index (κ1) is 11.9. The van der Waals surface area contributed by atoms with E-state index in [0.717, 1.165) is 11.3 Å². The van der Waals surface area contributed by atoms with E-state index in [4.69, 9.17) is 10.5 Å². The minimum atomic E-state index is -0.0911. The fourth-order valence-electron chi connectivity index (χ4n) is 1.48. The molecule has 0 aliphatic rings. The van der Waals surface area contributed by atoms with Crippen molar-refractivity contribution in [2.45, 2.75) is 33.8 Å². The Morgan fingerprint density at radius 3 is 2.20 bits per heavy atom. The Morgan fingerprint density at radius 1 is 1.20 bits per heavy atom. The van der Waals surface area contributed by atoms with Gasteiger partial charge < -0.3 is 10.5 Å². The second-order valence-corrected chi connectivity index (χ2v) is 4.08. The highest BCUT2D eigenvalue weighted by Gasteiger charge is 2.19. The van der Waals surface area contributed by atoms with E-state index in [2.05, 4.69) is 23.8 Å². The molecule has 4 nitrogen and oxygen atoms in total. The Hall–Kier alpha value is -1.16. The first-order valence-electron chi connectivity index (χ1n) is 5.10. The Labute approximate surface area is 90.9 Å². The molecule has 0 aromatic carbocycles. The van der Waals surface area contributed by atoms with E-state index < -0.39 is 0 Å². The Bertz CT molecular complexity index is 327. The average molecular weight is 209 g/mol. The lowest BCUT2D eigenvalue weighted by Crippen LogP contribution is -2.15. The lowest BCUT2D eigenvalue weighted by molar-refractivity contribution is 0.0574. The van der Waals surface area contributed by atoms with Crippen LogP contribution in [0, 0.1) is 19.8 Å². The number of aryl methyl sites for hydroxylation is 1. The molecule has 4 heteroatoms. The van der Waals surface area contributed by atoms with E-state index in [9.17, 15) is 0 Å². The van der Waals surface area contributed by atoms with Gasteiger partial charge in [-0.05, 0) is 19.8 Å². The normalized spacial score (nSPS) is 13.2. The number of hydrogen-bond acceptors (Lipinski definition) is 4. The zero-order valence-electron chi connectivity index (χ0n) is 10.0. The first-order valence-corrected chi connectivity index (χ1v) is 5.10. The molecule has 1 rings (SSSR count). The molecule has 0 saturated heterocycles. The van der Waals surface area contributed by atoms with Gasteiger partial charge >= 0.3 is 0 Å². The molecule has 1 aromatic rings. The number of anilines is 1.